The van der Waals surface area contributed by atoms with E-state index in [2.05, 4.69) is 27.4 Å². The Labute approximate surface area is 143 Å². The van der Waals surface area contributed by atoms with Crippen LogP contribution in [0.3, 0.4) is 0 Å². The second-order valence-electron chi connectivity index (χ2n) is 8.54. The van der Waals surface area contributed by atoms with E-state index in [1.54, 1.807) is 7.11 Å². The summed E-state index contributed by atoms with van der Waals surface area (Å²) in [7, 11) is 1.55. The van der Waals surface area contributed by atoms with E-state index in [0.29, 0.717) is 19.8 Å². The number of Topliss-reactive ketones (excluding diaryl/α,β-unsaturated/α-hetero) is 1. The molecule has 24 heavy (non-hydrogen) atoms. The maximum Gasteiger partial charge on any atom is 0.236 e. The van der Waals surface area contributed by atoms with Gasteiger partial charge in [-0.25, -0.2) is 0 Å². The average molecular weight is 334 g/mol. The molecule has 3 fully saturated rings. The zero-order valence-electron chi connectivity index (χ0n) is 14.8. The van der Waals surface area contributed by atoms with Gasteiger partial charge in [-0.2, -0.15) is 0 Å². The fraction of sp³-hybridized carbons (Fsp3) is 0.737. The van der Waals surface area contributed by atoms with Gasteiger partial charge in [0, 0.05) is 23.9 Å². The Hall–Kier alpha value is -1.01. The molecule has 0 N–H and O–H groups in total. The molecule has 5 rings (SSSR count). The standard InChI is InChI=1S/C19H26O5/c1-6-13-11-7-12(16-22-8-17(2,3)9-23-16)14-18(13,4)10-24-19(14,21-5)15(11)20/h6-7,11,13-14,16H,1,8-10H2,2-5H3/t11-,13+,14+,18-,19-/m1/s1. The van der Waals surface area contributed by atoms with Crippen LogP contribution in [0.15, 0.2) is 24.3 Å². The van der Waals surface area contributed by atoms with Crippen LogP contribution in [0.2, 0.25) is 0 Å². The van der Waals surface area contributed by atoms with Crippen LogP contribution in [0.25, 0.3) is 0 Å². The summed E-state index contributed by atoms with van der Waals surface area (Å²) in [6.45, 7) is 12.1. The predicted octanol–water partition coefficient (Wildman–Crippen LogP) is 2.32. The van der Waals surface area contributed by atoms with Crippen LogP contribution in [0.4, 0.5) is 0 Å². The summed E-state index contributed by atoms with van der Waals surface area (Å²) in [5, 5.41) is 0. The Morgan fingerprint density at radius 2 is 1.92 bits per heavy atom. The molecule has 2 aliphatic heterocycles. The molecule has 0 aromatic heterocycles. The molecule has 132 valence electrons. The Morgan fingerprint density at radius 3 is 2.50 bits per heavy atom. The zero-order chi connectivity index (χ0) is 17.3. The molecule has 2 saturated heterocycles. The van der Waals surface area contributed by atoms with Crippen molar-refractivity contribution in [2.24, 2.45) is 28.6 Å². The molecule has 5 heteroatoms. The minimum atomic E-state index is -1.21. The highest BCUT2D eigenvalue weighted by atomic mass is 16.7. The third-order valence-electron chi connectivity index (χ3n) is 6.22. The number of ketones is 1. The second kappa shape index (κ2) is 5.01. The third kappa shape index (κ3) is 1.87. The Balaban J connectivity index is 1.76. The predicted molar refractivity (Wildman–Crippen MR) is 87.0 cm³/mol. The van der Waals surface area contributed by atoms with Crippen LogP contribution in [0.1, 0.15) is 20.8 Å². The maximum absolute atomic E-state index is 13.0. The lowest BCUT2D eigenvalue weighted by molar-refractivity contribution is -0.239. The van der Waals surface area contributed by atoms with Gasteiger partial charge < -0.3 is 18.9 Å². The Kier molecular flexibility index (Phi) is 3.43. The molecule has 5 aliphatic rings. The van der Waals surface area contributed by atoms with Gasteiger partial charge in [0.15, 0.2) is 12.1 Å². The lowest BCUT2D eigenvalue weighted by atomic mass is 9.50. The van der Waals surface area contributed by atoms with Crippen LogP contribution in [0, 0.1) is 28.6 Å². The lowest BCUT2D eigenvalue weighted by Gasteiger charge is -2.54. The van der Waals surface area contributed by atoms with Gasteiger partial charge in [-0.05, 0) is 11.5 Å². The highest BCUT2D eigenvalue weighted by Crippen LogP contribution is 2.64. The summed E-state index contributed by atoms with van der Waals surface area (Å²) >= 11 is 0. The van der Waals surface area contributed by atoms with Crippen LogP contribution in [-0.4, -0.2) is 44.8 Å². The monoisotopic (exact) mass is 334 g/mol. The summed E-state index contributed by atoms with van der Waals surface area (Å²) in [4.78, 5) is 13.0. The minimum Gasteiger partial charge on any atom is -0.348 e. The Morgan fingerprint density at radius 1 is 1.25 bits per heavy atom. The van der Waals surface area contributed by atoms with Gasteiger partial charge in [0.25, 0.3) is 0 Å². The molecule has 3 aliphatic carbocycles. The number of carbonyl (C=O) groups excluding carboxylic acids is 1. The highest BCUT2D eigenvalue weighted by Gasteiger charge is 2.73. The van der Waals surface area contributed by atoms with Crippen LogP contribution in [-0.2, 0) is 23.7 Å². The first-order valence-electron chi connectivity index (χ1n) is 8.60. The topological polar surface area (TPSA) is 54.0 Å². The van der Waals surface area contributed by atoms with Crippen molar-refractivity contribution in [1.82, 2.24) is 0 Å². The van der Waals surface area contributed by atoms with Crippen molar-refractivity contribution in [1.29, 1.82) is 0 Å². The molecule has 0 radical (unpaired) electrons. The van der Waals surface area contributed by atoms with Crippen molar-refractivity contribution >= 4 is 5.78 Å². The van der Waals surface area contributed by atoms with E-state index in [1.807, 2.05) is 12.2 Å². The first kappa shape index (κ1) is 16.5. The number of allylic oxidation sites excluding steroid dienone is 2. The molecule has 0 amide bonds. The van der Waals surface area contributed by atoms with Gasteiger partial charge in [-0.3, -0.25) is 4.79 Å². The number of hydrogen-bond acceptors (Lipinski definition) is 5. The summed E-state index contributed by atoms with van der Waals surface area (Å²) in [6.07, 6.45) is 3.48. The van der Waals surface area contributed by atoms with E-state index in [9.17, 15) is 4.79 Å². The quantitative estimate of drug-likeness (QED) is 0.742. The molecule has 5 atom stereocenters. The van der Waals surface area contributed by atoms with Crippen molar-refractivity contribution in [2.45, 2.75) is 32.8 Å². The molecule has 0 aromatic rings. The first-order valence-corrected chi connectivity index (χ1v) is 8.60. The molecule has 1 saturated carbocycles. The smallest absolute Gasteiger partial charge is 0.236 e. The van der Waals surface area contributed by atoms with E-state index in [1.165, 1.54) is 0 Å². The fourth-order valence-electron chi connectivity index (χ4n) is 5.05. The molecule has 0 spiro atoms. The Bertz CT molecular complexity index is 613. The summed E-state index contributed by atoms with van der Waals surface area (Å²) in [5.41, 5.74) is 0.762. The highest BCUT2D eigenvalue weighted by molar-refractivity contribution is 5.94. The van der Waals surface area contributed by atoms with Crippen molar-refractivity contribution in [3.05, 3.63) is 24.3 Å². The van der Waals surface area contributed by atoms with Gasteiger partial charge in [-0.1, -0.05) is 32.9 Å². The van der Waals surface area contributed by atoms with Gasteiger partial charge in [-0.15, -0.1) is 6.58 Å². The van der Waals surface area contributed by atoms with Crippen molar-refractivity contribution < 1.29 is 23.7 Å². The van der Waals surface area contributed by atoms with Gasteiger partial charge in [0.05, 0.1) is 25.7 Å². The number of rotatable bonds is 3. The van der Waals surface area contributed by atoms with Gasteiger partial charge in [0.2, 0.25) is 5.79 Å². The molecular weight excluding hydrogens is 308 g/mol. The van der Waals surface area contributed by atoms with Gasteiger partial charge >= 0.3 is 0 Å². The second-order valence-corrected chi connectivity index (χ2v) is 8.54. The minimum absolute atomic E-state index is 0.00252. The molecule has 4 bridgehead atoms. The van der Waals surface area contributed by atoms with E-state index in [4.69, 9.17) is 18.9 Å². The van der Waals surface area contributed by atoms with E-state index in [0.717, 1.165) is 5.57 Å². The molecule has 0 unspecified atom stereocenters. The first-order chi connectivity index (χ1) is 11.3. The SMILES string of the molecule is C=C[C@H]1[C@H]2C=C(C3OCC(C)(C)CO3)[C@@H]3[C@@](OC)(OC[C@@]31C)C2=O. The van der Waals surface area contributed by atoms with Crippen LogP contribution in [0.5, 0.6) is 0 Å². The largest absolute Gasteiger partial charge is 0.348 e. The van der Waals surface area contributed by atoms with Crippen LogP contribution < -0.4 is 0 Å². The van der Waals surface area contributed by atoms with Crippen molar-refractivity contribution in [3.63, 3.8) is 0 Å². The van der Waals surface area contributed by atoms with Crippen molar-refractivity contribution in [2.75, 3.05) is 26.9 Å². The molecule has 2 heterocycles. The van der Waals surface area contributed by atoms with Gasteiger partial charge in [0.1, 0.15) is 0 Å². The van der Waals surface area contributed by atoms with Crippen LogP contribution >= 0.6 is 0 Å². The maximum atomic E-state index is 13.0. The third-order valence-corrected chi connectivity index (χ3v) is 6.22. The average Bonchev–Trinajstić information content (AvgIpc) is 2.84. The number of ether oxygens (including phenoxy) is 4. The van der Waals surface area contributed by atoms with Crippen molar-refractivity contribution in [3.8, 4) is 0 Å². The molecule has 5 nitrogen and oxygen atoms in total. The fourth-order valence-corrected chi connectivity index (χ4v) is 5.05. The summed E-state index contributed by atoms with van der Waals surface area (Å²) < 4.78 is 23.7. The lowest BCUT2D eigenvalue weighted by Crippen LogP contribution is -2.63. The molecule has 0 aromatic carbocycles. The number of carbonyl (C=O) groups is 1. The summed E-state index contributed by atoms with van der Waals surface area (Å²) in [5.74, 6) is -1.67. The van der Waals surface area contributed by atoms with E-state index >= 15 is 0 Å². The van der Waals surface area contributed by atoms with E-state index in [-0.39, 0.29) is 34.4 Å². The number of hydrogen-bond donors (Lipinski definition) is 0. The number of methoxy groups -OCH3 is 1. The summed E-state index contributed by atoms with van der Waals surface area (Å²) in [6, 6.07) is 0. The van der Waals surface area contributed by atoms with E-state index < -0.39 is 12.1 Å². The molecular formula is C19H26O5. The zero-order valence-corrected chi connectivity index (χ0v) is 14.8. The normalized spacial score (nSPS) is 46.9.